The number of amides is 1. The van der Waals surface area contributed by atoms with Crippen molar-refractivity contribution in [3.8, 4) is 0 Å². The molecule has 0 unspecified atom stereocenters. The number of rotatable bonds is 2. The highest BCUT2D eigenvalue weighted by atomic mass is 79.9. The number of hydrogen-bond donors (Lipinski definition) is 1. The molecule has 14 heavy (non-hydrogen) atoms. The molecule has 0 aliphatic heterocycles. The Kier molecular flexibility index (Phi) is 3.26. The van der Waals surface area contributed by atoms with E-state index < -0.39 is 11.6 Å². The van der Waals surface area contributed by atoms with Crippen LogP contribution in [0.2, 0.25) is 0 Å². The van der Waals surface area contributed by atoms with Crippen molar-refractivity contribution in [2.75, 3.05) is 5.32 Å². The summed E-state index contributed by atoms with van der Waals surface area (Å²) in [5, 5.41) is 2.49. The monoisotopic (exact) mass is 259 g/mol. The highest BCUT2D eigenvalue weighted by Gasteiger charge is 2.26. The van der Waals surface area contributed by atoms with Crippen LogP contribution in [0.25, 0.3) is 0 Å². The van der Waals surface area contributed by atoms with Gasteiger partial charge in [-0.1, -0.05) is 12.1 Å². The van der Waals surface area contributed by atoms with Crippen molar-refractivity contribution < 1.29 is 9.18 Å². The molecule has 1 N–H and O–H groups in total. The van der Waals surface area contributed by atoms with Crippen molar-refractivity contribution in [2.24, 2.45) is 0 Å². The molecule has 0 heterocycles. The fourth-order valence-electron chi connectivity index (χ4n) is 0.834. The number of halogens is 2. The molecule has 0 spiro atoms. The Morgan fingerprint density at radius 2 is 2.00 bits per heavy atom. The van der Waals surface area contributed by atoms with E-state index in [1.165, 1.54) is 13.8 Å². The molecular weight excluding hydrogens is 249 g/mol. The van der Waals surface area contributed by atoms with E-state index in [1.54, 1.807) is 18.2 Å². The summed E-state index contributed by atoms with van der Waals surface area (Å²) in [6.45, 7) is 2.44. The molecule has 4 heteroatoms. The van der Waals surface area contributed by atoms with Crippen LogP contribution >= 0.6 is 15.9 Å². The van der Waals surface area contributed by atoms with Crippen LogP contribution in [0.4, 0.5) is 10.1 Å². The molecule has 2 nitrogen and oxygen atoms in total. The summed E-state index contributed by atoms with van der Waals surface area (Å²) in [5.74, 6) is -0.649. The second-order valence-corrected chi connectivity index (χ2v) is 4.26. The zero-order valence-electron chi connectivity index (χ0n) is 7.97. The van der Waals surface area contributed by atoms with Gasteiger partial charge in [-0.2, -0.15) is 0 Å². The minimum absolute atomic E-state index is 0.572. The van der Waals surface area contributed by atoms with Crippen molar-refractivity contribution in [1.29, 1.82) is 0 Å². The van der Waals surface area contributed by atoms with E-state index in [0.29, 0.717) is 5.69 Å². The van der Waals surface area contributed by atoms with E-state index in [-0.39, 0.29) is 0 Å². The number of carbonyl (C=O) groups is 1. The van der Waals surface area contributed by atoms with Gasteiger partial charge in [-0.3, -0.25) is 4.79 Å². The normalized spacial score (nSPS) is 11.1. The Labute approximate surface area is 90.6 Å². The lowest BCUT2D eigenvalue weighted by molar-refractivity contribution is -0.125. The first-order valence-electron chi connectivity index (χ1n) is 4.16. The minimum atomic E-state index is -1.87. The largest absolute Gasteiger partial charge is 0.322 e. The first-order chi connectivity index (χ1) is 6.41. The van der Waals surface area contributed by atoms with Crippen molar-refractivity contribution in [3.63, 3.8) is 0 Å². The van der Waals surface area contributed by atoms with Crippen molar-refractivity contribution >= 4 is 27.5 Å². The predicted molar refractivity (Wildman–Crippen MR) is 58.0 cm³/mol. The SMILES string of the molecule is CC(C)(F)C(=O)Nc1ccccc1Br. The van der Waals surface area contributed by atoms with Crippen LogP contribution in [-0.4, -0.2) is 11.6 Å². The highest BCUT2D eigenvalue weighted by molar-refractivity contribution is 9.10. The molecule has 0 fully saturated rings. The molecule has 0 aliphatic carbocycles. The summed E-state index contributed by atoms with van der Waals surface area (Å²) >= 11 is 3.25. The minimum Gasteiger partial charge on any atom is -0.322 e. The van der Waals surface area contributed by atoms with E-state index in [1.807, 2.05) is 6.07 Å². The summed E-state index contributed by atoms with van der Waals surface area (Å²) in [4.78, 5) is 11.3. The van der Waals surface area contributed by atoms with Crippen molar-refractivity contribution in [3.05, 3.63) is 28.7 Å². The van der Waals surface area contributed by atoms with Gasteiger partial charge in [-0.15, -0.1) is 0 Å². The Balaban J connectivity index is 2.80. The third-order valence-electron chi connectivity index (χ3n) is 1.66. The number of nitrogens with one attached hydrogen (secondary N) is 1. The van der Waals surface area contributed by atoms with Gasteiger partial charge in [0.25, 0.3) is 5.91 Å². The summed E-state index contributed by atoms with van der Waals surface area (Å²) in [6, 6.07) is 7.07. The Hall–Kier alpha value is -0.900. The molecule has 0 saturated heterocycles. The van der Waals surface area contributed by atoms with Crippen molar-refractivity contribution in [2.45, 2.75) is 19.5 Å². The van der Waals surface area contributed by atoms with Gasteiger partial charge < -0.3 is 5.32 Å². The molecular formula is C10H11BrFNO. The van der Waals surface area contributed by atoms with Gasteiger partial charge in [0.2, 0.25) is 0 Å². The Morgan fingerprint density at radius 1 is 1.43 bits per heavy atom. The Morgan fingerprint density at radius 3 is 2.50 bits per heavy atom. The summed E-state index contributed by atoms with van der Waals surface area (Å²) in [7, 11) is 0. The molecule has 0 aromatic heterocycles. The smallest absolute Gasteiger partial charge is 0.261 e. The maximum atomic E-state index is 13.2. The van der Waals surface area contributed by atoms with E-state index >= 15 is 0 Å². The van der Waals surface area contributed by atoms with Gasteiger partial charge in [-0.05, 0) is 41.9 Å². The van der Waals surface area contributed by atoms with Gasteiger partial charge in [-0.25, -0.2) is 4.39 Å². The molecule has 0 atom stereocenters. The van der Waals surface area contributed by atoms with E-state index in [4.69, 9.17) is 0 Å². The third kappa shape index (κ3) is 2.80. The van der Waals surface area contributed by atoms with Gasteiger partial charge in [0, 0.05) is 4.47 Å². The van der Waals surface area contributed by atoms with Gasteiger partial charge >= 0.3 is 0 Å². The number of benzene rings is 1. The molecule has 1 rings (SSSR count). The molecule has 1 aromatic rings. The van der Waals surface area contributed by atoms with Crippen LogP contribution in [0.5, 0.6) is 0 Å². The zero-order valence-corrected chi connectivity index (χ0v) is 9.56. The quantitative estimate of drug-likeness (QED) is 0.869. The van der Waals surface area contributed by atoms with Gasteiger partial charge in [0.15, 0.2) is 5.67 Å². The lowest BCUT2D eigenvalue weighted by Gasteiger charge is -2.14. The van der Waals surface area contributed by atoms with Crippen LogP contribution in [0, 0.1) is 0 Å². The fraction of sp³-hybridized carbons (Fsp3) is 0.300. The molecule has 1 amide bonds. The molecule has 1 aromatic carbocycles. The predicted octanol–water partition coefficient (Wildman–Crippen LogP) is 3.14. The molecule has 76 valence electrons. The second kappa shape index (κ2) is 4.09. The second-order valence-electron chi connectivity index (χ2n) is 3.41. The molecule has 0 bridgehead atoms. The summed E-state index contributed by atoms with van der Waals surface area (Å²) in [6.07, 6.45) is 0. The molecule has 0 radical (unpaired) electrons. The first-order valence-corrected chi connectivity index (χ1v) is 4.95. The topological polar surface area (TPSA) is 29.1 Å². The average molecular weight is 260 g/mol. The number of alkyl halides is 1. The lowest BCUT2D eigenvalue weighted by Crippen LogP contribution is -2.32. The third-order valence-corrected chi connectivity index (χ3v) is 2.35. The number of anilines is 1. The molecule has 0 aliphatic rings. The van der Waals surface area contributed by atoms with Gasteiger partial charge in [0.1, 0.15) is 0 Å². The van der Waals surface area contributed by atoms with E-state index in [0.717, 1.165) is 4.47 Å². The number of carbonyl (C=O) groups excluding carboxylic acids is 1. The summed E-state index contributed by atoms with van der Waals surface area (Å²) < 4.78 is 13.9. The standard InChI is InChI=1S/C10H11BrFNO/c1-10(2,12)9(14)13-8-6-4-3-5-7(8)11/h3-6H,1-2H3,(H,13,14). The lowest BCUT2D eigenvalue weighted by atomic mass is 10.1. The average Bonchev–Trinajstić information content (AvgIpc) is 2.07. The first kappa shape index (κ1) is 11.2. The summed E-state index contributed by atoms with van der Waals surface area (Å²) in [5.41, 5.74) is -1.29. The molecule has 0 saturated carbocycles. The van der Waals surface area contributed by atoms with Crippen LogP contribution in [0.3, 0.4) is 0 Å². The Bertz CT molecular complexity index is 346. The van der Waals surface area contributed by atoms with Crippen molar-refractivity contribution in [1.82, 2.24) is 0 Å². The van der Waals surface area contributed by atoms with E-state index in [2.05, 4.69) is 21.2 Å². The maximum Gasteiger partial charge on any atom is 0.261 e. The van der Waals surface area contributed by atoms with Crippen LogP contribution in [0.15, 0.2) is 28.7 Å². The van der Waals surface area contributed by atoms with Gasteiger partial charge in [0.05, 0.1) is 5.69 Å². The van der Waals surface area contributed by atoms with Crippen LogP contribution in [-0.2, 0) is 4.79 Å². The fourth-order valence-corrected chi connectivity index (χ4v) is 1.22. The number of hydrogen-bond acceptors (Lipinski definition) is 1. The van der Waals surface area contributed by atoms with E-state index in [9.17, 15) is 9.18 Å². The van der Waals surface area contributed by atoms with Crippen LogP contribution in [0.1, 0.15) is 13.8 Å². The highest BCUT2D eigenvalue weighted by Crippen LogP contribution is 2.22. The van der Waals surface area contributed by atoms with Crippen LogP contribution < -0.4 is 5.32 Å². The number of para-hydroxylation sites is 1. The maximum absolute atomic E-state index is 13.2. The zero-order chi connectivity index (χ0) is 10.8.